The summed E-state index contributed by atoms with van der Waals surface area (Å²) in [5, 5.41) is 6.63. The van der Waals surface area contributed by atoms with Crippen molar-refractivity contribution < 1.29 is 4.79 Å². The molecule has 1 aliphatic heterocycles. The molecule has 2 amide bonds. The summed E-state index contributed by atoms with van der Waals surface area (Å²) in [6.07, 6.45) is 1.83. The number of carbonyl (C=O) groups is 1. The maximum absolute atomic E-state index is 12.1. The van der Waals surface area contributed by atoms with Crippen LogP contribution in [0.3, 0.4) is 0 Å². The minimum absolute atomic E-state index is 0.206. The molecule has 0 bridgehead atoms. The van der Waals surface area contributed by atoms with E-state index in [4.69, 9.17) is 0 Å². The monoisotopic (exact) mass is 396 g/mol. The molecule has 0 aliphatic carbocycles. The number of piperazine rings is 1. The van der Waals surface area contributed by atoms with Crippen LogP contribution in [0.1, 0.15) is 10.6 Å². The first-order valence-electron chi connectivity index (χ1n) is 9.42. The highest BCUT2D eigenvalue weighted by Crippen LogP contribution is 2.21. The number of hydrogen-bond acceptors (Lipinski definition) is 6. The number of fused-ring (bicyclic) bond motifs is 1. The zero-order valence-electron chi connectivity index (χ0n) is 15.9. The number of likely N-dealkylation sites (N-methyl/N-ethyl adjacent to an activating group) is 1. The van der Waals surface area contributed by atoms with E-state index in [2.05, 4.69) is 37.4 Å². The van der Waals surface area contributed by atoms with Crippen LogP contribution in [0.25, 0.3) is 10.2 Å². The van der Waals surface area contributed by atoms with E-state index in [-0.39, 0.29) is 6.03 Å². The van der Waals surface area contributed by atoms with Gasteiger partial charge in [-0.2, -0.15) is 0 Å². The Bertz CT molecular complexity index is 900. The molecule has 7 nitrogen and oxygen atoms in total. The molecule has 146 valence electrons. The molecular weight excluding hydrogens is 372 g/mol. The zero-order chi connectivity index (χ0) is 19.3. The predicted octanol–water partition coefficient (Wildman–Crippen LogP) is 2.44. The molecule has 1 fully saturated rings. The first-order chi connectivity index (χ1) is 13.7. The Balaban J connectivity index is 1.24. The second-order valence-electron chi connectivity index (χ2n) is 6.93. The quantitative estimate of drug-likeness (QED) is 0.693. The highest BCUT2D eigenvalue weighted by molar-refractivity contribution is 7.18. The van der Waals surface area contributed by atoms with Gasteiger partial charge in [-0.05, 0) is 30.8 Å². The minimum Gasteiger partial charge on any atom is -0.354 e. The van der Waals surface area contributed by atoms with Crippen molar-refractivity contribution in [2.75, 3.05) is 38.1 Å². The van der Waals surface area contributed by atoms with E-state index in [1.54, 1.807) is 11.3 Å². The molecule has 2 N–H and O–H groups in total. The van der Waals surface area contributed by atoms with Gasteiger partial charge in [0, 0.05) is 38.9 Å². The largest absolute Gasteiger partial charge is 0.354 e. The van der Waals surface area contributed by atoms with Crippen molar-refractivity contribution in [2.24, 2.45) is 0 Å². The number of nitrogens with one attached hydrogen (secondary N) is 2. The van der Waals surface area contributed by atoms with E-state index in [1.165, 1.54) is 0 Å². The summed E-state index contributed by atoms with van der Waals surface area (Å²) in [6.45, 7) is 4.97. The predicted molar refractivity (Wildman–Crippen MR) is 113 cm³/mol. The van der Waals surface area contributed by atoms with Crippen LogP contribution in [0.2, 0.25) is 0 Å². The number of urea groups is 1. The molecule has 1 aliphatic rings. The van der Waals surface area contributed by atoms with Gasteiger partial charge < -0.3 is 20.4 Å². The number of thiazole rings is 1. The van der Waals surface area contributed by atoms with Gasteiger partial charge in [-0.1, -0.05) is 18.2 Å². The third kappa shape index (κ3) is 4.58. The highest BCUT2D eigenvalue weighted by atomic mass is 32.1. The fraction of sp³-hybridized carbons (Fsp3) is 0.350. The van der Waals surface area contributed by atoms with Crippen molar-refractivity contribution in [1.82, 2.24) is 25.5 Å². The molecule has 0 radical (unpaired) electrons. The molecule has 0 spiro atoms. The van der Waals surface area contributed by atoms with Crippen LogP contribution >= 0.6 is 11.3 Å². The van der Waals surface area contributed by atoms with Crippen molar-refractivity contribution in [3.8, 4) is 0 Å². The molecular formula is C20H24N6OS. The van der Waals surface area contributed by atoms with Crippen LogP contribution in [0.15, 0.2) is 42.6 Å². The maximum atomic E-state index is 12.1. The van der Waals surface area contributed by atoms with Crippen LogP contribution < -0.4 is 15.5 Å². The standard InChI is InChI=1S/C20H24N6OS/c1-25-8-10-26(11-9-25)18-7-6-15(12-21-18)13-22-20(27)23-14-19-24-16-4-2-3-5-17(16)28-19/h2-7,12H,8-11,13-14H2,1H3,(H2,22,23,27). The minimum atomic E-state index is -0.206. The lowest BCUT2D eigenvalue weighted by molar-refractivity contribution is 0.240. The van der Waals surface area contributed by atoms with E-state index < -0.39 is 0 Å². The lowest BCUT2D eigenvalue weighted by Crippen LogP contribution is -2.44. The number of benzene rings is 1. The number of carbonyl (C=O) groups excluding carboxylic acids is 1. The zero-order valence-corrected chi connectivity index (χ0v) is 16.7. The Morgan fingerprint density at radius 2 is 1.86 bits per heavy atom. The fourth-order valence-electron chi connectivity index (χ4n) is 3.14. The maximum Gasteiger partial charge on any atom is 0.315 e. The van der Waals surface area contributed by atoms with Crippen molar-refractivity contribution in [2.45, 2.75) is 13.1 Å². The molecule has 4 rings (SSSR count). The highest BCUT2D eigenvalue weighted by Gasteiger charge is 2.15. The van der Waals surface area contributed by atoms with Gasteiger partial charge in [0.1, 0.15) is 10.8 Å². The fourth-order valence-corrected chi connectivity index (χ4v) is 4.05. The Kier molecular flexibility index (Phi) is 5.68. The topological polar surface area (TPSA) is 73.4 Å². The molecule has 0 atom stereocenters. The molecule has 0 unspecified atom stereocenters. The first-order valence-corrected chi connectivity index (χ1v) is 10.2. The Labute approximate surface area is 168 Å². The summed E-state index contributed by atoms with van der Waals surface area (Å²) in [7, 11) is 2.14. The van der Waals surface area contributed by atoms with E-state index in [0.717, 1.165) is 52.8 Å². The van der Waals surface area contributed by atoms with Crippen molar-refractivity contribution in [1.29, 1.82) is 0 Å². The lowest BCUT2D eigenvalue weighted by Gasteiger charge is -2.33. The van der Waals surface area contributed by atoms with Crippen LogP contribution in [-0.2, 0) is 13.1 Å². The van der Waals surface area contributed by atoms with Gasteiger partial charge in [-0.15, -0.1) is 11.3 Å². The number of rotatable bonds is 5. The molecule has 3 heterocycles. The summed E-state index contributed by atoms with van der Waals surface area (Å²) in [5.74, 6) is 0.997. The number of para-hydroxylation sites is 1. The van der Waals surface area contributed by atoms with Crippen molar-refractivity contribution >= 4 is 33.4 Å². The van der Waals surface area contributed by atoms with E-state index in [1.807, 2.05) is 42.6 Å². The summed E-state index contributed by atoms with van der Waals surface area (Å²) in [4.78, 5) is 25.8. The molecule has 0 saturated carbocycles. The smallest absolute Gasteiger partial charge is 0.315 e. The van der Waals surface area contributed by atoms with Crippen LogP contribution in [0, 0.1) is 0 Å². The van der Waals surface area contributed by atoms with Gasteiger partial charge in [0.15, 0.2) is 0 Å². The Hall–Kier alpha value is -2.71. The average molecular weight is 397 g/mol. The average Bonchev–Trinajstić information content (AvgIpc) is 3.15. The van der Waals surface area contributed by atoms with Gasteiger partial charge in [0.05, 0.1) is 16.8 Å². The lowest BCUT2D eigenvalue weighted by atomic mass is 10.2. The molecule has 1 saturated heterocycles. The molecule has 1 aromatic carbocycles. The van der Waals surface area contributed by atoms with E-state index in [0.29, 0.717) is 13.1 Å². The van der Waals surface area contributed by atoms with Crippen molar-refractivity contribution in [3.05, 3.63) is 53.2 Å². The number of aromatic nitrogens is 2. The number of anilines is 1. The number of pyridine rings is 1. The molecule has 3 aromatic rings. The third-order valence-electron chi connectivity index (χ3n) is 4.83. The SMILES string of the molecule is CN1CCN(c2ccc(CNC(=O)NCc3nc4ccccc4s3)cn2)CC1. The van der Waals surface area contributed by atoms with E-state index >= 15 is 0 Å². The van der Waals surface area contributed by atoms with Gasteiger partial charge in [0.2, 0.25) is 0 Å². The Morgan fingerprint density at radius 1 is 1.07 bits per heavy atom. The second kappa shape index (κ2) is 8.53. The number of hydrogen-bond donors (Lipinski definition) is 2. The molecule has 2 aromatic heterocycles. The first kappa shape index (κ1) is 18.6. The third-order valence-corrected chi connectivity index (χ3v) is 5.86. The summed E-state index contributed by atoms with van der Waals surface area (Å²) < 4.78 is 1.13. The Morgan fingerprint density at radius 3 is 2.61 bits per heavy atom. The molecule has 8 heteroatoms. The van der Waals surface area contributed by atoms with Crippen LogP contribution in [-0.4, -0.2) is 54.1 Å². The van der Waals surface area contributed by atoms with Gasteiger partial charge in [-0.25, -0.2) is 14.8 Å². The summed E-state index contributed by atoms with van der Waals surface area (Å²) in [6, 6.07) is 11.8. The number of amides is 2. The summed E-state index contributed by atoms with van der Waals surface area (Å²) in [5.41, 5.74) is 1.95. The van der Waals surface area contributed by atoms with Crippen molar-refractivity contribution in [3.63, 3.8) is 0 Å². The van der Waals surface area contributed by atoms with E-state index in [9.17, 15) is 4.79 Å². The number of nitrogens with zero attached hydrogens (tertiary/aromatic N) is 4. The van der Waals surface area contributed by atoms with Crippen LogP contribution in [0.5, 0.6) is 0 Å². The normalized spacial score (nSPS) is 15.0. The van der Waals surface area contributed by atoms with Crippen LogP contribution in [0.4, 0.5) is 10.6 Å². The second-order valence-corrected chi connectivity index (χ2v) is 8.04. The van der Waals surface area contributed by atoms with Gasteiger partial charge in [-0.3, -0.25) is 0 Å². The van der Waals surface area contributed by atoms with Gasteiger partial charge in [0.25, 0.3) is 0 Å². The van der Waals surface area contributed by atoms with Gasteiger partial charge >= 0.3 is 6.03 Å². The summed E-state index contributed by atoms with van der Waals surface area (Å²) >= 11 is 1.60. The molecule has 28 heavy (non-hydrogen) atoms.